The van der Waals surface area contributed by atoms with Crippen LogP contribution in [0.2, 0.25) is 0 Å². The molecule has 4 heterocycles. The number of aromatic hydroxyl groups is 1. The minimum Gasteiger partial charge on any atom is -0.507 e. The number of aromatic nitrogens is 2. The highest BCUT2D eigenvalue weighted by Gasteiger charge is 2.42. The first-order valence-electron chi connectivity index (χ1n) is 16.9. The maximum atomic E-state index is 12.6. The molecule has 6 rings (SSSR count). The molecule has 12 heteroatoms. The Hall–Kier alpha value is -4.42. The van der Waals surface area contributed by atoms with Crippen molar-refractivity contribution in [1.82, 2.24) is 20.4 Å². The second kappa shape index (κ2) is 14.6. The van der Waals surface area contributed by atoms with Crippen LogP contribution in [0.4, 0.5) is 22.9 Å². The molecule has 2 aromatic carbocycles. The summed E-state index contributed by atoms with van der Waals surface area (Å²) in [6.07, 6.45) is 7.67. The molecule has 2 amide bonds. The van der Waals surface area contributed by atoms with E-state index in [2.05, 4.69) is 31.4 Å². The van der Waals surface area contributed by atoms with Crippen molar-refractivity contribution in [1.29, 1.82) is 0 Å². The van der Waals surface area contributed by atoms with E-state index in [9.17, 15) is 19.8 Å². The average molecular weight is 643 g/mol. The number of aryl methyl sites for hydroxylation is 1. The summed E-state index contributed by atoms with van der Waals surface area (Å²) in [4.78, 5) is 32.6. The van der Waals surface area contributed by atoms with Crippen LogP contribution in [-0.2, 0) is 16.0 Å². The Labute approximate surface area is 276 Å². The van der Waals surface area contributed by atoms with Crippen molar-refractivity contribution in [2.24, 2.45) is 0 Å². The summed E-state index contributed by atoms with van der Waals surface area (Å²) in [6.45, 7) is 4.78. The first-order chi connectivity index (χ1) is 22.8. The van der Waals surface area contributed by atoms with Gasteiger partial charge in [-0.25, -0.2) is 0 Å². The summed E-state index contributed by atoms with van der Waals surface area (Å²) in [6, 6.07) is 14.6. The van der Waals surface area contributed by atoms with Gasteiger partial charge in [-0.1, -0.05) is 49.9 Å². The minimum absolute atomic E-state index is 0.176. The fraction of sp³-hybridized carbons (Fsp3) is 0.486. The number of para-hydroxylation sites is 2. The smallest absolute Gasteiger partial charge is 0.249 e. The molecule has 0 radical (unpaired) electrons. The number of rotatable bonds is 12. The van der Waals surface area contributed by atoms with Crippen molar-refractivity contribution < 1.29 is 19.8 Å². The van der Waals surface area contributed by atoms with Crippen LogP contribution in [0.3, 0.4) is 0 Å². The molecule has 0 aliphatic carbocycles. The first kappa shape index (κ1) is 32.5. The van der Waals surface area contributed by atoms with Gasteiger partial charge in [-0.2, -0.15) is 0 Å². The van der Waals surface area contributed by atoms with E-state index in [-0.39, 0.29) is 24.0 Å². The van der Waals surface area contributed by atoms with Gasteiger partial charge < -0.3 is 30.6 Å². The third kappa shape index (κ3) is 7.13. The molecule has 0 spiro atoms. The predicted molar refractivity (Wildman–Crippen MR) is 183 cm³/mol. The van der Waals surface area contributed by atoms with Gasteiger partial charge in [0.15, 0.2) is 5.82 Å². The van der Waals surface area contributed by atoms with Crippen molar-refractivity contribution in [3.8, 4) is 17.0 Å². The molecule has 2 saturated heterocycles. The number of fused-ring (bicyclic) bond motifs is 1. The van der Waals surface area contributed by atoms with Gasteiger partial charge in [0.1, 0.15) is 11.8 Å². The number of imide groups is 1. The highest BCUT2D eigenvalue weighted by Crippen LogP contribution is 2.43. The zero-order valence-electron chi connectivity index (χ0n) is 27.1. The van der Waals surface area contributed by atoms with Crippen LogP contribution in [0.15, 0.2) is 48.5 Å². The van der Waals surface area contributed by atoms with Gasteiger partial charge in [0.05, 0.1) is 22.8 Å². The number of phenolic OH excluding ortho intramolecular Hbond substituents is 1. The average Bonchev–Trinajstić information content (AvgIpc) is 3.33. The van der Waals surface area contributed by atoms with E-state index >= 15 is 0 Å². The molecule has 3 aliphatic rings. The highest BCUT2D eigenvalue weighted by atomic mass is 16.3. The summed E-state index contributed by atoms with van der Waals surface area (Å²) in [5.41, 5.74) is 11.3. The number of hydrogen-bond donors (Lipinski definition) is 4. The molecule has 3 aromatic rings. The molecule has 47 heavy (non-hydrogen) atoms. The van der Waals surface area contributed by atoms with Crippen molar-refractivity contribution >= 4 is 34.7 Å². The maximum absolute atomic E-state index is 12.6. The van der Waals surface area contributed by atoms with Crippen LogP contribution in [0.1, 0.15) is 56.9 Å². The topological polar surface area (TPSA) is 151 Å². The standard InChI is InChI=1S/C35H46N8O4/c1-40-32-24(12-10-14-27(32)43(35(40)47)28-16-17-31(45)37-34(28)46)11-6-4-2-3-5-9-18-41-19-21-42(22-20-41)29-23-26(38-39-33(29)36)25-13-7-8-15-30(25)44/h7-8,10,12-15,23,28,35,44,47H,2-6,9,11,16-22H2,1H3,(H2,36,39)(H,37,45,46). The zero-order valence-corrected chi connectivity index (χ0v) is 27.1. The number of carbonyl (C=O) groups excluding carboxylic acids is 2. The second-order valence-corrected chi connectivity index (χ2v) is 12.8. The van der Waals surface area contributed by atoms with Crippen LogP contribution in [0.5, 0.6) is 5.75 Å². The maximum Gasteiger partial charge on any atom is 0.249 e. The Kier molecular flexibility index (Phi) is 10.1. The number of nitrogens with one attached hydrogen (secondary N) is 1. The Bertz CT molecular complexity index is 1580. The van der Waals surface area contributed by atoms with E-state index in [1.54, 1.807) is 17.0 Å². The molecular weight excluding hydrogens is 596 g/mol. The number of benzene rings is 2. The van der Waals surface area contributed by atoms with Crippen molar-refractivity contribution in [3.63, 3.8) is 0 Å². The number of nitrogens with two attached hydrogens (primary N) is 1. The Morgan fingerprint density at radius 3 is 2.43 bits per heavy atom. The van der Waals surface area contributed by atoms with Gasteiger partial charge in [0.25, 0.3) is 0 Å². The number of nitrogen functional groups attached to an aromatic ring is 1. The molecule has 1 aromatic heterocycles. The molecular formula is C35H46N8O4. The SMILES string of the molecule is CN1c2c(CCCCCCCCN3CCN(c4cc(-c5ccccc5O)nnc4N)CC3)cccc2N(C2CCC(=O)NC2=O)C1O. The normalized spacial score (nSPS) is 20.1. The monoisotopic (exact) mass is 642 g/mol. The molecule has 12 nitrogen and oxygen atoms in total. The van der Waals surface area contributed by atoms with E-state index in [0.29, 0.717) is 23.5 Å². The van der Waals surface area contributed by atoms with Gasteiger partial charge in [-0.05, 0) is 62.1 Å². The number of aliphatic hydroxyl groups is 1. The van der Waals surface area contributed by atoms with E-state index in [0.717, 1.165) is 69.0 Å². The lowest BCUT2D eigenvalue weighted by molar-refractivity contribution is -0.134. The van der Waals surface area contributed by atoms with Crippen LogP contribution >= 0.6 is 0 Å². The molecule has 2 fully saturated rings. The molecule has 3 aliphatic heterocycles. The van der Waals surface area contributed by atoms with Crippen LogP contribution in [0, 0.1) is 0 Å². The van der Waals surface area contributed by atoms with Crippen molar-refractivity contribution in [2.75, 3.05) is 60.2 Å². The third-order valence-electron chi connectivity index (χ3n) is 9.74. The van der Waals surface area contributed by atoms with E-state index < -0.39 is 12.4 Å². The van der Waals surface area contributed by atoms with E-state index in [1.165, 1.54) is 31.2 Å². The molecule has 5 N–H and O–H groups in total. The highest BCUT2D eigenvalue weighted by molar-refractivity contribution is 6.02. The lowest BCUT2D eigenvalue weighted by atomic mass is 10.0. The number of piperidine rings is 1. The summed E-state index contributed by atoms with van der Waals surface area (Å²) < 4.78 is 0. The number of piperazine rings is 1. The van der Waals surface area contributed by atoms with Gasteiger partial charge >= 0.3 is 0 Å². The zero-order chi connectivity index (χ0) is 32.9. The fourth-order valence-corrected chi connectivity index (χ4v) is 7.13. The molecule has 0 saturated carbocycles. The summed E-state index contributed by atoms with van der Waals surface area (Å²) in [7, 11) is 1.86. The molecule has 2 unspecified atom stereocenters. The number of hydrogen-bond acceptors (Lipinski definition) is 11. The van der Waals surface area contributed by atoms with Gasteiger partial charge in [-0.15, -0.1) is 10.2 Å². The number of amides is 2. The quantitative estimate of drug-likeness (QED) is 0.170. The van der Waals surface area contributed by atoms with E-state index in [4.69, 9.17) is 5.73 Å². The van der Waals surface area contributed by atoms with Crippen LogP contribution < -0.4 is 25.8 Å². The predicted octanol–water partition coefficient (Wildman–Crippen LogP) is 3.47. The first-order valence-corrected chi connectivity index (χ1v) is 16.9. The number of aliphatic hydroxyl groups excluding tert-OH is 1. The number of phenols is 1. The van der Waals surface area contributed by atoms with E-state index in [1.807, 2.05) is 42.3 Å². The number of nitrogens with zero attached hydrogens (tertiary/aromatic N) is 6. The molecule has 250 valence electrons. The number of anilines is 4. The lowest BCUT2D eigenvalue weighted by Gasteiger charge is -2.36. The number of carbonyl (C=O) groups is 2. The van der Waals surface area contributed by atoms with Crippen molar-refractivity contribution in [2.45, 2.75) is 70.2 Å². The minimum atomic E-state index is -0.938. The summed E-state index contributed by atoms with van der Waals surface area (Å²) >= 11 is 0. The number of unbranched alkanes of at least 4 members (excludes halogenated alkanes) is 5. The van der Waals surface area contributed by atoms with Gasteiger partial charge in [0, 0.05) is 45.2 Å². The van der Waals surface area contributed by atoms with Crippen LogP contribution in [-0.4, -0.2) is 89.3 Å². The molecule has 0 bridgehead atoms. The largest absolute Gasteiger partial charge is 0.507 e. The Morgan fingerprint density at radius 2 is 1.66 bits per heavy atom. The Balaban J connectivity index is 0.901. The lowest BCUT2D eigenvalue weighted by Crippen LogP contribution is -2.56. The van der Waals surface area contributed by atoms with Gasteiger partial charge in [-0.3, -0.25) is 19.8 Å². The molecule has 2 atom stereocenters. The van der Waals surface area contributed by atoms with Crippen molar-refractivity contribution in [3.05, 3.63) is 54.1 Å². The second-order valence-electron chi connectivity index (χ2n) is 12.8. The van der Waals surface area contributed by atoms with Gasteiger partial charge in [0.2, 0.25) is 18.2 Å². The fourth-order valence-electron chi connectivity index (χ4n) is 7.13. The summed E-state index contributed by atoms with van der Waals surface area (Å²) in [5, 5.41) is 32.1. The Morgan fingerprint density at radius 1 is 0.915 bits per heavy atom. The van der Waals surface area contributed by atoms with Crippen LogP contribution in [0.25, 0.3) is 11.3 Å². The summed E-state index contributed by atoms with van der Waals surface area (Å²) in [5.74, 6) is -0.0156. The third-order valence-corrected chi connectivity index (χ3v) is 9.74.